The van der Waals surface area contributed by atoms with E-state index in [0.29, 0.717) is 12.1 Å². The molecule has 0 spiro atoms. The van der Waals surface area contributed by atoms with Crippen molar-refractivity contribution in [2.45, 2.75) is 58.1 Å². The van der Waals surface area contributed by atoms with Gasteiger partial charge >= 0.3 is 0 Å². The molecule has 2 atom stereocenters. The van der Waals surface area contributed by atoms with Crippen LogP contribution < -0.4 is 5.32 Å². The lowest BCUT2D eigenvalue weighted by Gasteiger charge is -2.28. The van der Waals surface area contributed by atoms with Crippen molar-refractivity contribution in [1.29, 1.82) is 0 Å². The van der Waals surface area contributed by atoms with E-state index in [1.807, 2.05) is 11.3 Å². The largest absolute Gasteiger partial charge is 0.378 e. The van der Waals surface area contributed by atoms with Crippen LogP contribution >= 0.6 is 11.3 Å². The fourth-order valence-corrected chi connectivity index (χ4v) is 3.42. The van der Waals surface area contributed by atoms with Crippen molar-refractivity contribution in [2.24, 2.45) is 0 Å². The van der Waals surface area contributed by atoms with E-state index in [1.54, 1.807) is 0 Å². The predicted octanol–water partition coefficient (Wildman–Crippen LogP) is 4.06. The fourth-order valence-electron chi connectivity index (χ4n) is 2.65. The molecule has 0 radical (unpaired) electrons. The Morgan fingerprint density at radius 2 is 2.39 bits per heavy atom. The van der Waals surface area contributed by atoms with Gasteiger partial charge in [-0.25, -0.2) is 0 Å². The van der Waals surface area contributed by atoms with Crippen LogP contribution in [0.3, 0.4) is 0 Å². The van der Waals surface area contributed by atoms with E-state index in [4.69, 9.17) is 4.74 Å². The van der Waals surface area contributed by atoms with Crippen molar-refractivity contribution >= 4 is 11.3 Å². The van der Waals surface area contributed by atoms with E-state index in [1.165, 1.54) is 36.1 Å². The fraction of sp³-hybridized carbons (Fsp3) is 0.733. The summed E-state index contributed by atoms with van der Waals surface area (Å²) in [7, 11) is 0. The van der Waals surface area contributed by atoms with E-state index in [-0.39, 0.29) is 0 Å². The van der Waals surface area contributed by atoms with Crippen LogP contribution in [0.5, 0.6) is 0 Å². The van der Waals surface area contributed by atoms with Crippen molar-refractivity contribution < 1.29 is 4.74 Å². The molecule has 2 unspecified atom stereocenters. The molecule has 3 heteroatoms. The van der Waals surface area contributed by atoms with Crippen molar-refractivity contribution in [1.82, 2.24) is 5.32 Å². The molecule has 0 amide bonds. The van der Waals surface area contributed by atoms with Crippen molar-refractivity contribution in [3.05, 3.63) is 21.9 Å². The maximum absolute atomic E-state index is 5.89. The van der Waals surface area contributed by atoms with Crippen LogP contribution in [0.1, 0.15) is 55.5 Å². The number of rotatable bonds is 6. The first kappa shape index (κ1) is 14.0. The first-order chi connectivity index (χ1) is 8.81. The Labute approximate surface area is 115 Å². The first-order valence-corrected chi connectivity index (χ1v) is 8.08. The van der Waals surface area contributed by atoms with Gasteiger partial charge in [0, 0.05) is 17.5 Å². The quantitative estimate of drug-likeness (QED) is 0.839. The molecule has 0 saturated carbocycles. The molecule has 2 heterocycles. The first-order valence-electron chi connectivity index (χ1n) is 7.20. The Balaban J connectivity index is 1.98. The molecule has 1 aromatic heterocycles. The number of nitrogens with one attached hydrogen (secondary N) is 1. The summed E-state index contributed by atoms with van der Waals surface area (Å²) >= 11 is 1.85. The molecule has 1 N–H and O–H groups in total. The predicted molar refractivity (Wildman–Crippen MR) is 78.3 cm³/mol. The van der Waals surface area contributed by atoms with Crippen LogP contribution in [0.15, 0.2) is 11.4 Å². The lowest BCUT2D eigenvalue weighted by molar-refractivity contribution is 0.00504. The Morgan fingerprint density at radius 3 is 3.00 bits per heavy atom. The van der Waals surface area contributed by atoms with Crippen molar-refractivity contribution in [3.63, 3.8) is 0 Å². The van der Waals surface area contributed by atoms with Gasteiger partial charge in [0.25, 0.3) is 0 Å². The second-order valence-corrected chi connectivity index (χ2v) is 6.28. The van der Waals surface area contributed by atoms with E-state index in [2.05, 4.69) is 30.6 Å². The van der Waals surface area contributed by atoms with Gasteiger partial charge in [-0.1, -0.05) is 6.92 Å². The van der Waals surface area contributed by atoms with Gasteiger partial charge in [0.2, 0.25) is 0 Å². The molecule has 1 saturated heterocycles. The van der Waals surface area contributed by atoms with Gasteiger partial charge in [0.05, 0.1) is 6.10 Å². The third-order valence-electron chi connectivity index (χ3n) is 3.69. The number of thiophene rings is 1. The minimum Gasteiger partial charge on any atom is -0.378 e. The minimum atomic E-state index is 0.451. The molecular weight excluding hydrogens is 242 g/mol. The number of ether oxygens (including phenoxy) is 1. The summed E-state index contributed by atoms with van der Waals surface area (Å²) < 4.78 is 5.89. The molecular formula is C15H25NOS. The van der Waals surface area contributed by atoms with Gasteiger partial charge in [-0.3, -0.25) is 0 Å². The zero-order chi connectivity index (χ0) is 12.8. The Hall–Kier alpha value is -0.380. The minimum absolute atomic E-state index is 0.451. The third-order valence-corrected chi connectivity index (χ3v) is 4.55. The number of hydrogen-bond acceptors (Lipinski definition) is 3. The second-order valence-electron chi connectivity index (χ2n) is 5.16. The van der Waals surface area contributed by atoms with Gasteiger partial charge < -0.3 is 10.1 Å². The molecule has 2 nitrogen and oxygen atoms in total. The van der Waals surface area contributed by atoms with Gasteiger partial charge in [0.15, 0.2) is 0 Å². The Kier molecular flexibility index (Phi) is 5.67. The topological polar surface area (TPSA) is 21.3 Å². The SMILES string of the molecule is CCCNC(CC1CCCCO1)c1ccsc1C. The average Bonchev–Trinajstić information content (AvgIpc) is 2.82. The molecule has 1 aliphatic heterocycles. The number of aryl methyl sites for hydroxylation is 1. The second kappa shape index (κ2) is 7.27. The summed E-state index contributed by atoms with van der Waals surface area (Å²) in [5.74, 6) is 0. The van der Waals surface area contributed by atoms with Gasteiger partial charge in [-0.2, -0.15) is 0 Å². The Bertz CT molecular complexity index is 344. The van der Waals surface area contributed by atoms with Crippen LogP contribution in [0.25, 0.3) is 0 Å². The lowest BCUT2D eigenvalue weighted by atomic mass is 9.97. The van der Waals surface area contributed by atoms with E-state index < -0.39 is 0 Å². The van der Waals surface area contributed by atoms with Crippen LogP contribution in [-0.2, 0) is 4.74 Å². The van der Waals surface area contributed by atoms with Gasteiger partial charge in [0.1, 0.15) is 0 Å². The monoisotopic (exact) mass is 267 g/mol. The lowest BCUT2D eigenvalue weighted by Crippen LogP contribution is -2.29. The summed E-state index contributed by atoms with van der Waals surface area (Å²) in [5.41, 5.74) is 1.47. The molecule has 18 heavy (non-hydrogen) atoms. The molecule has 2 rings (SSSR count). The van der Waals surface area contributed by atoms with Gasteiger partial charge in [-0.05, 0) is 62.6 Å². The highest BCUT2D eigenvalue weighted by Gasteiger charge is 2.21. The third kappa shape index (κ3) is 3.81. The summed E-state index contributed by atoms with van der Waals surface area (Å²) in [6.45, 7) is 6.49. The zero-order valence-electron chi connectivity index (χ0n) is 11.6. The highest BCUT2D eigenvalue weighted by Crippen LogP contribution is 2.29. The number of hydrogen-bond donors (Lipinski definition) is 1. The average molecular weight is 267 g/mol. The highest BCUT2D eigenvalue weighted by atomic mass is 32.1. The van der Waals surface area contributed by atoms with Crippen LogP contribution in [0, 0.1) is 6.92 Å². The molecule has 0 bridgehead atoms. The maximum Gasteiger partial charge on any atom is 0.0593 e. The van der Waals surface area contributed by atoms with Crippen molar-refractivity contribution in [2.75, 3.05) is 13.2 Å². The maximum atomic E-state index is 5.89. The molecule has 1 fully saturated rings. The van der Waals surface area contributed by atoms with E-state index >= 15 is 0 Å². The summed E-state index contributed by atoms with van der Waals surface area (Å²) in [6, 6.07) is 2.75. The zero-order valence-corrected chi connectivity index (χ0v) is 12.4. The van der Waals surface area contributed by atoms with Crippen molar-refractivity contribution in [3.8, 4) is 0 Å². The van der Waals surface area contributed by atoms with E-state index in [0.717, 1.165) is 19.6 Å². The standard InChI is InChI=1S/C15H25NOS/c1-3-8-16-15(14-7-10-18-12(14)2)11-13-6-4-5-9-17-13/h7,10,13,15-16H,3-6,8-9,11H2,1-2H3. The molecule has 102 valence electrons. The summed E-state index contributed by atoms with van der Waals surface area (Å²) in [5, 5.41) is 5.89. The smallest absolute Gasteiger partial charge is 0.0593 e. The summed E-state index contributed by atoms with van der Waals surface area (Å²) in [4.78, 5) is 1.44. The Morgan fingerprint density at radius 1 is 1.50 bits per heavy atom. The van der Waals surface area contributed by atoms with Gasteiger partial charge in [-0.15, -0.1) is 11.3 Å². The van der Waals surface area contributed by atoms with Crippen LogP contribution in [-0.4, -0.2) is 19.3 Å². The molecule has 1 aromatic rings. The molecule has 0 aliphatic carbocycles. The van der Waals surface area contributed by atoms with Crippen LogP contribution in [0.2, 0.25) is 0 Å². The molecule has 1 aliphatic rings. The van der Waals surface area contributed by atoms with Crippen LogP contribution in [0.4, 0.5) is 0 Å². The highest BCUT2D eigenvalue weighted by molar-refractivity contribution is 7.10. The molecule has 0 aromatic carbocycles. The summed E-state index contributed by atoms with van der Waals surface area (Å²) in [6.07, 6.45) is 6.55. The normalized spacial score (nSPS) is 22.0. The van der Waals surface area contributed by atoms with E-state index in [9.17, 15) is 0 Å².